The van der Waals surface area contributed by atoms with Gasteiger partial charge >= 0.3 is 12.2 Å². The molecule has 0 spiro atoms. The number of anilines is 3. The number of amides is 2. The standard InChI is InChI=1S/C19H18F3N5O/c1-3-23-18(28)27-15-7-12-6-14(9-24-17(12)25-10-15)26-13-5-4-11(2)16(8-13)19(20,21)22/h4-10,26H,3H2,1-2H3,(H2,23,27,28). The Kier molecular flexibility index (Phi) is 5.34. The molecule has 3 aromatic rings. The summed E-state index contributed by atoms with van der Waals surface area (Å²) in [7, 11) is 0. The average molecular weight is 389 g/mol. The summed E-state index contributed by atoms with van der Waals surface area (Å²) in [6.07, 6.45) is -1.46. The van der Waals surface area contributed by atoms with Gasteiger partial charge in [-0.25, -0.2) is 14.8 Å². The summed E-state index contributed by atoms with van der Waals surface area (Å²) in [5, 5.41) is 8.81. The van der Waals surface area contributed by atoms with Gasteiger partial charge in [0, 0.05) is 17.6 Å². The number of rotatable bonds is 4. The number of fused-ring (bicyclic) bond motifs is 1. The minimum absolute atomic E-state index is 0.153. The third-order valence-corrected chi connectivity index (χ3v) is 3.96. The third-order valence-electron chi connectivity index (χ3n) is 3.96. The van der Waals surface area contributed by atoms with Crippen LogP contribution in [0.5, 0.6) is 0 Å². The van der Waals surface area contributed by atoms with Crippen molar-refractivity contribution in [1.29, 1.82) is 0 Å². The molecule has 1 aromatic carbocycles. The molecule has 28 heavy (non-hydrogen) atoms. The van der Waals surface area contributed by atoms with Crippen molar-refractivity contribution in [1.82, 2.24) is 15.3 Å². The maximum atomic E-state index is 13.1. The molecule has 0 aliphatic heterocycles. The lowest BCUT2D eigenvalue weighted by atomic mass is 10.1. The Balaban J connectivity index is 1.87. The van der Waals surface area contributed by atoms with Crippen LogP contribution in [-0.4, -0.2) is 22.5 Å². The predicted octanol–water partition coefficient (Wildman–Crippen LogP) is 4.84. The number of pyridine rings is 2. The molecule has 3 rings (SSSR count). The summed E-state index contributed by atoms with van der Waals surface area (Å²) < 4.78 is 39.3. The van der Waals surface area contributed by atoms with E-state index in [9.17, 15) is 18.0 Å². The first-order valence-corrected chi connectivity index (χ1v) is 8.52. The first-order valence-electron chi connectivity index (χ1n) is 8.52. The van der Waals surface area contributed by atoms with E-state index in [1.165, 1.54) is 25.4 Å². The number of hydrogen-bond acceptors (Lipinski definition) is 4. The molecule has 0 atom stereocenters. The molecule has 146 valence electrons. The summed E-state index contributed by atoms with van der Waals surface area (Å²) in [6.45, 7) is 3.70. The minimum atomic E-state index is -4.42. The van der Waals surface area contributed by atoms with E-state index in [0.717, 1.165) is 6.07 Å². The number of urea groups is 1. The normalized spacial score (nSPS) is 11.3. The first-order chi connectivity index (χ1) is 13.3. The summed E-state index contributed by atoms with van der Waals surface area (Å²) in [6, 6.07) is 7.07. The van der Waals surface area contributed by atoms with Crippen LogP contribution in [0, 0.1) is 6.92 Å². The predicted molar refractivity (Wildman–Crippen MR) is 102 cm³/mol. The summed E-state index contributed by atoms with van der Waals surface area (Å²) >= 11 is 0. The Bertz CT molecular complexity index is 1020. The molecule has 2 heterocycles. The van der Waals surface area contributed by atoms with E-state index in [1.807, 2.05) is 0 Å². The molecule has 0 radical (unpaired) electrons. The van der Waals surface area contributed by atoms with E-state index in [1.54, 1.807) is 25.1 Å². The third kappa shape index (κ3) is 4.48. The molecule has 9 heteroatoms. The van der Waals surface area contributed by atoms with Crippen molar-refractivity contribution in [2.75, 3.05) is 17.2 Å². The van der Waals surface area contributed by atoms with Crippen molar-refractivity contribution < 1.29 is 18.0 Å². The van der Waals surface area contributed by atoms with Crippen molar-refractivity contribution >= 4 is 34.1 Å². The van der Waals surface area contributed by atoms with E-state index in [-0.39, 0.29) is 11.6 Å². The monoisotopic (exact) mass is 389 g/mol. The summed E-state index contributed by atoms with van der Waals surface area (Å²) in [4.78, 5) is 20.0. The second-order valence-electron chi connectivity index (χ2n) is 6.13. The van der Waals surface area contributed by atoms with Crippen LogP contribution in [0.3, 0.4) is 0 Å². The van der Waals surface area contributed by atoms with Gasteiger partial charge in [0.2, 0.25) is 0 Å². The zero-order valence-electron chi connectivity index (χ0n) is 15.2. The lowest BCUT2D eigenvalue weighted by Gasteiger charge is -2.13. The fraction of sp³-hybridized carbons (Fsp3) is 0.211. The highest BCUT2D eigenvalue weighted by atomic mass is 19.4. The van der Waals surface area contributed by atoms with Gasteiger partial charge in [-0.15, -0.1) is 0 Å². The molecule has 0 unspecified atom stereocenters. The van der Waals surface area contributed by atoms with Gasteiger partial charge in [0.25, 0.3) is 0 Å². The van der Waals surface area contributed by atoms with Gasteiger partial charge in [0.05, 0.1) is 29.3 Å². The number of nitrogens with zero attached hydrogens (tertiary/aromatic N) is 2. The molecule has 0 aliphatic rings. The van der Waals surface area contributed by atoms with Crippen LogP contribution < -0.4 is 16.0 Å². The SMILES string of the molecule is CCNC(=O)Nc1cnc2ncc(Nc3ccc(C)c(C(F)(F)F)c3)cc2c1. The zero-order chi connectivity index (χ0) is 20.3. The first kappa shape index (κ1) is 19.4. The molecular formula is C19H18F3N5O. The van der Waals surface area contributed by atoms with Crippen molar-refractivity contribution in [2.45, 2.75) is 20.0 Å². The van der Waals surface area contributed by atoms with Crippen LogP contribution in [-0.2, 0) is 6.18 Å². The number of aryl methyl sites for hydroxylation is 1. The Morgan fingerprint density at radius 1 is 1.04 bits per heavy atom. The van der Waals surface area contributed by atoms with Crippen molar-refractivity contribution in [3.8, 4) is 0 Å². The van der Waals surface area contributed by atoms with Crippen LogP contribution in [0.1, 0.15) is 18.1 Å². The van der Waals surface area contributed by atoms with Crippen LogP contribution in [0.2, 0.25) is 0 Å². The van der Waals surface area contributed by atoms with E-state index < -0.39 is 11.7 Å². The van der Waals surface area contributed by atoms with Gasteiger partial charge in [-0.1, -0.05) is 6.07 Å². The molecule has 0 bridgehead atoms. The largest absolute Gasteiger partial charge is 0.416 e. The van der Waals surface area contributed by atoms with E-state index in [0.29, 0.717) is 34.6 Å². The minimum Gasteiger partial charge on any atom is -0.354 e. The highest BCUT2D eigenvalue weighted by molar-refractivity contribution is 5.92. The number of carbonyl (C=O) groups is 1. The van der Waals surface area contributed by atoms with Crippen molar-refractivity contribution in [3.63, 3.8) is 0 Å². The van der Waals surface area contributed by atoms with Crippen molar-refractivity contribution in [3.05, 3.63) is 53.9 Å². The molecule has 0 saturated heterocycles. The number of hydrogen-bond donors (Lipinski definition) is 3. The van der Waals surface area contributed by atoms with E-state index in [4.69, 9.17) is 0 Å². The van der Waals surface area contributed by atoms with Gasteiger partial charge in [0.1, 0.15) is 0 Å². The molecule has 2 aromatic heterocycles. The van der Waals surface area contributed by atoms with E-state index in [2.05, 4.69) is 25.9 Å². The number of halogens is 3. The Morgan fingerprint density at radius 2 is 1.71 bits per heavy atom. The molecule has 3 N–H and O–H groups in total. The summed E-state index contributed by atoms with van der Waals surface area (Å²) in [5.74, 6) is 0. The fourth-order valence-electron chi connectivity index (χ4n) is 2.67. The highest BCUT2D eigenvalue weighted by Gasteiger charge is 2.32. The van der Waals surface area contributed by atoms with Crippen LogP contribution in [0.25, 0.3) is 11.0 Å². The van der Waals surface area contributed by atoms with Crippen LogP contribution >= 0.6 is 0 Å². The second-order valence-corrected chi connectivity index (χ2v) is 6.13. The van der Waals surface area contributed by atoms with Gasteiger partial charge < -0.3 is 16.0 Å². The molecule has 2 amide bonds. The smallest absolute Gasteiger partial charge is 0.354 e. The maximum Gasteiger partial charge on any atom is 0.416 e. The lowest BCUT2D eigenvalue weighted by molar-refractivity contribution is -0.138. The van der Waals surface area contributed by atoms with Gasteiger partial charge in [-0.3, -0.25) is 0 Å². The lowest BCUT2D eigenvalue weighted by Crippen LogP contribution is -2.28. The number of alkyl halides is 3. The van der Waals surface area contributed by atoms with Gasteiger partial charge in [-0.2, -0.15) is 13.2 Å². The average Bonchev–Trinajstić information content (AvgIpc) is 2.62. The quantitative estimate of drug-likeness (QED) is 0.596. The summed E-state index contributed by atoms with van der Waals surface area (Å²) in [5.41, 5.74) is 1.19. The van der Waals surface area contributed by atoms with Gasteiger partial charge in [-0.05, 0) is 43.7 Å². The van der Waals surface area contributed by atoms with Crippen LogP contribution in [0.15, 0.2) is 42.7 Å². The fourth-order valence-corrected chi connectivity index (χ4v) is 2.67. The second kappa shape index (κ2) is 7.71. The van der Waals surface area contributed by atoms with Gasteiger partial charge in [0.15, 0.2) is 5.65 Å². The Labute approximate surface area is 159 Å². The molecule has 6 nitrogen and oxygen atoms in total. The topological polar surface area (TPSA) is 78.9 Å². The molecule has 0 saturated carbocycles. The molecule has 0 fully saturated rings. The molecular weight excluding hydrogens is 371 g/mol. The van der Waals surface area contributed by atoms with Crippen LogP contribution in [0.4, 0.5) is 35.0 Å². The number of aromatic nitrogens is 2. The Hall–Kier alpha value is -3.36. The van der Waals surface area contributed by atoms with Crippen molar-refractivity contribution in [2.24, 2.45) is 0 Å². The molecule has 0 aliphatic carbocycles. The Morgan fingerprint density at radius 3 is 2.39 bits per heavy atom. The number of carbonyl (C=O) groups excluding carboxylic acids is 1. The highest BCUT2D eigenvalue weighted by Crippen LogP contribution is 2.34. The van der Waals surface area contributed by atoms with E-state index >= 15 is 0 Å². The number of benzene rings is 1. The zero-order valence-corrected chi connectivity index (χ0v) is 15.2. The maximum absolute atomic E-state index is 13.1. The number of nitrogens with one attached hydrogen (secondary N) is 3.